The third kappa shape index (κ3) is 3.30. The number of hydrogen-bond donors (Lipinski definition) is 5. The fourth-order valence-electron chi connectivity index (χ4n) is 3.00. The summed E-state index contributed by atoms with van der Waals surface area (Å²) in [5, 5.41) is 44.4. The molecule has 0 radical (unpaired) electrons. The Morgan fingerprint density at radius 2 is 2.17 bits per heavy atom. The highest BCUT2D eigenvalue weighted by Crippen LogP contribution is 2.35. The van der Waals surface area contributed by atoms with E-state index in [0.29, 0.717) is 0 Å². The van der Waals surface area contributed by atoms with Crippen LogP contribution in [0.3, 0.4) is 0 Å². The van der Waals surface area contributed by atoms with Crippen molar-refractivity contribution in [3.63, 3.8) is 0 Å². The first kappa shape index (κ1) is 19.6. The van der Waals surface area contributed by atoms with Crippen LogP contribution in [0, 0.1) is 10.1 Å². The predicted octanol–water partition coefficient (Wildman–Crippen LogP) is -1.03. The van der Waals surface area contributed by atoms with Gasteiger partial charge >= 0.3 is 5.88 Å². The van der Waals surface area contributed by atoms with Crippen molar-refractivity contribution in [2.75, 3.05) is 17.8 Å². The van der Waals surface area contributed by atoms with Gasteiger partial charge < -0.3 is 30.2 Å². The van der Waals surface area contributed by atoms with Gasteiger partial charge in [0.2, 0.25) is 5.95 Å². The number of furan rings is 1. The van der Waals surface area contributed by atoms with E-state index in [9.17, 15) is 25.4 Å². The summed E-state index contributed by atoms with van der Waals surface area (Å²) in [7, 11) is 0. The van der Waals surface area contributed by atoms with Crippen LogP contribution in [0.5, 0.6) is 0 Å². The molecule has 3 aromatic heterocycles. The van der Waals surface area contributed by atoms with Crippen molar-refractivity contribution in [1.82, 2.24) is 19.5 Å². The summed E-state index contributed by atoms with van der Waals surface area (Å²) in [4.78, 5) is 22.2. The van der Waals surface area contributed by atoms with Crippen molar-refractivity contribution in [1.29, 1.82) is 0 Å². The number of rotatable bonds is 6. The molecule has 0 bridgehead atoms. The zero-order valence-electron chi connectivity index (χ0n) is 15.1. The molecule has 4 heterocycles. The van der Waals surface area contributed by atoms with Crippen molar-refractivity contribution in [2.24, 2.45) is 5.10 Å². The van der Waals surface area contributed by atoms with E-state index in [0.717, 1.165) is 0 Å². The average molecular weight is 420 g/mol. The molecule has 1 aliphatic rings. The summed E-state index contributed by atoms with van der Waals surface area (Å²) in [6, 6.07) is 2.52. The number of anilines is 2. The quantitative estimate of drug-likeness (QED) is 0.183. The Morgan fingerprint density at radius 3 is 2.83 bits per heavy atom. The maximum absolute atomic E-state index is 10.7. The van der Waals surface area contributed by atoms with Crippen LogP contribution in [0.2, 0.25) is 0 Å². The normalized spacial score (nSPS) is 24.1. The number of nitrogens with two attached hydrogens (primary N) is 1. The van der Waals surface area contributed by atoms with Crippen LogP contribution in [0.1, 0.15) is 12.0 Å². The monoisotopic (exact) mass is 420 g/mol. The molecule has 0 aliphatic carbocycles. The SMILES string of the molecule is Nc1ncnc2c1nc(N/N=C/c1ccc([N+](=O)[O-])o1)n2C1OC(CO)C(O)C1O. The van der Waals surface area contributed by atoms with Crippen molar-refractivity contribution < 1.29 is 29.4 Å². The van der Waals surface area contributed by atoms with Crippen molar-refractivity contribution >= 4 is 35.0 Å². The molecule has 15 heteroatoms. The molecule has 1 aliphatic heterocycles. The van der Waals surface area contributed by atoms with Gasteiger partial charge in [-0.2, -0.15) is 5.10 Å². The number of aliphatic hydroxyl groups is 3. The lowest BCUT2D eigenvalue weighted by Gasteiger charge is -2.18. The van der Waals surface area contributed by atoms with Gasteiger partial charge in [-0.15, -0.1) is 0 Å². The van der Waals surface area contributed by atoms with Crippen LogP contribution in [0.25, 0.3) is 11.2 Å². The Morgan fingerprint density at radius 1 is 1.37 bits per heavy atom. The third-order valence-electron chi connectivity index (χ3n) is 4.43. The van der Waals surface area contributed by atoms with Gasteiger partial charge in [0.15, 0.2) is 29.0 Å². The molecule has 15 nitrogen and oxygen atoms in total. The molecule has 0 aromatic carbocycles. The first-order valence-electron chi connectivity index (χ1n) is 8.55. The molecule has 6 N–H and O–H groups in total. The fourth-order valence-corrected chi connectivity index (χ4v) is 3.00. The number of aliphatic hydroxyl groups excluding tert-OH is 3. The molecular weight excluding hydrogens is 404 g/mol. The Labute approximate surface area is 166 Å². The van der Waals surface area contributed by atoms with E-state index in [-0.39, 0.29) is 28.7 Å². The van der Waals surface area contributed by atoms with E-state index in [1.807, 2.05) is 0 Å². The fraction of sp³-hybridized carbons (Fsp3) is 0.333. The second-order valence-electron chi connectivity index (χ2n) is 6.27. The molecule has 3 aromatic rings. The van der Waals surface area contributed by atoms with Gasteiger partial charge in [-0.05, 0) is 6.07 Å². The van der Waals surface area contributed by atoms with Crippen LogP contribution >= 0.6 is 0 Å². The molecule has 0 amide bonds. The lowest BCUT2D eigenvalue weighted by molar-refractivity contribution is -0.402. The first-order chi connectivity index (χ1) is 14.4. The minimum atomic E-state index is -1.41. The van der Waals surface area contributed by atoms with Crippen LogP contribution in [-0.4, -0.2) is 70.9 Å². The second kappa shape index (κ2) is 7.64. The Hall–Kier alpha value is -3.66. The summed E-state index contributed by atoms with van der Waals surface area (Å²) in [6.07, 6.45) is -2.60. The highest BCUT2D eigenvalue weighted by molar-refractivity contribution is 5.84. The van der Waals surface area contributed by atoms with Gasteiger partial charge in [-0.3, -0.25) is 14.7 Å². The van der Waals surface area contributed by atoms with E-state index in [2.05, 4.69) is 25.5 Å². The van der Waals surface area contributed by atoms with Crippen LogP contribution in [0.15, 0.2) is 28.0 Å². The number of nitrogens with zero attached hydrogens (tertiary/aromatic N) is 6. The van der Waals surface area contributed by atoms with E-state index < -0.39 is 42.0 Å². The maximum Gasteiger partial charge on any atom is 0.433 e. The summed E-state index contributed by atoms with van der Waals surface area (Å²) in [6.45, 7) is -0.517. The first-order valence-corrected chi connectivity index (χ1v) is 8.55. The van der Waals surface area contributed by atoms with Crippen molar-refractivity contribution in [3.05, 3.63) is 34.3 Å². The highest BCUT2D eigenvalue weighted by atomic mass is 16.6. The second-order valence-corrected chi connectivity index (χ2v) is 6.27. The lowest BCUT2D eigenvalue weighted by Crippen LogP contribution is -2.33. The van der Waals surface area contributed by atoms with E-state index in [1.54, 1.807) is 0 Å². The highest BCUT2D eigenvalue weighted by Gasteiger charge is 2.45. The smallest absolute Gasteiger partial charge is 0.400 e. The molecule has 0 spiro atoms. The van der Waals surface area contributed by atoms with E-state index in [4.69, 9.17) is 14.9 Å². The van der Waals surface area contributed by atoms with Crippen LogP contribution < -0.4 is 11.2 Å². The van der Waals surface area contributed by atoms with Gasteiger partial charge in [-0.25, -0.2) is 20.4 Å². The van der Waals surface area contributed by atoms with E-state index >= 15 is 0 Å². The summed E-state index contributed by atoms with van der Waals surface area (Å²) >= 11 is 0. The molecular formula is C15H16N8O7. The number of aromatic nitrogens is 4. The summed E-state index contributed by atoms with van der Waals surface area (Å²) < 4.78 is 11.8. The molecule has 1 fully saturated rings. The Bertz CT molecular complexity index is 1110. The molecule has 1 saturated heterocycles. The van der Waals surface area contributed by atoms with Gasteiger partial charge in [-0.1, -0.05) is 0 Å². The molecule has 4 atom stereocenters. The van der Waals surface area contributed by atoms with Crippen molar-refractivity contribution in [3.8, 4) is 0 Å². The topological polar surface area (TPSA) is 220 Å². The largest absolute Gasteiger partial charge is 0.433 e. The standard InChI is InChI=1S/C15H16N8O7/c16-12-9-13(18-5-17-12)22(14-11(26)10(25)7(4-24)30-14)15(20-9)21-19-3-6-1-2-8(29-6)23(27)28/h1-3,5,7,10-11,14,24-26H,4H2,(H,20,21)(H2,16,17,18)/b19-3+. The van der Waals surface area contributed by atoms with Gasteiger partial charge in [0.1, 0.15) is 29.6 Å². The zero-order chi connectivity index (χ0) is 21.4. The minimum absolute atomic E-state index is 0.0179. The van der Waals surface area contributed by atoms with Crippen molar-refractivity contribution in [2.45, 2.75) is 24.5 Å². The number of fused-ring (bicyclic) bond motifs is 1. The lowest BCUT2D eigenvalue weighted by atomic mass is 10.1. The predicted molar refractivity (Wildman–Crippen MR) is 99.3 cm³/mol. The van der Waals surface area contributed by atoms with Crippen LogP contribution in [0.4, 0.5) is 17.7 Å². The number of hydrogen-bond acceptors (Lipinski definition) is 13. The van der Waals surface area contributed by atoms with Gasteiger partial charge in [0.05, 0.1) is 18.9 Å². The third-order valence-corrected chi connectivity index (χ3v) is 4.43. The Kier molecular flexibility index (Phi) is 5.00. The average Bonchev–Trinajstić information content (AvgIpc) is 3.40. The maximum atomic E-state index is 10.7. The number of nitrogen functional groups attached to an aromatic ring is 1. The number of imidazole rings is 1. The number of hydrazone groups is 1. The van der Waals surface area contributed by atoms with E-state index in [1.165, 1.54) is 29.2 Å². The molecule has 4 unspecified atom stereocenters. The number of nitrogens with one attached hydrogen (secondary N) is 1. The minimum Gasteiger partial charge on any atom is -0.400 e. The molecule has 4 rings (SSSR count). The Balaban J connectivity index is 1.69. The molecule has 30 heavy (non-hydrogen) atoms. The van der Waals surface area contributed by atoms with Gasteiger partial charge in [0, 0.05) is 0 Å². The zero-order valence-corrected chi connectivity index (χ0v) is 15.1. The number of nitro groups is 1. The number of ether oxygens (including phenoxy) is 1. The summed E-state index contributed by atoms with van der Waals surface area (Å²) in [5.41, 5.74) is 8.80. The van der Waals surface area contributed by atoms with Crippen LogP contribution in [-0.2, 0) is 4.74 Å². The molecule has 0 saturated carbocycles. The van der Waals surface area contributed by atoms with Gasteiger partial charge in [0.25, 0.3) is 0 Å². The summed E-state index contributed by atoms with van der Waals surface area (Å²) in [5.74, 6) is -0.272. The molecule has 158 valence electrons.